The first-order valence-electron chi connectivity index (χ1n) is 9.23. The van der Waals surface area contributed by atoms with E-state index in [1.165, 1.54) is 0 Å². The Bertz CT molecular complexity index is 988. The molecule has 0 saturated carbocycles. The molecule has 3 heterocycles. The Morgan fingerprint density at radius 2 is 1.82 bits per heavy atom. The van der Waals surface area contributed by atoms with Gasteiger partial charge in [0.2, 0.25) is 0 Å². The maximum Gasteiger partial charge on any atom is 0.255 e. The van der Waals surface area contributed by atoms with Crippen LogP contribution in [0.3, 0.4) is 0 Å². The minimum Gasteiger partial charge on any atom is -0.342 e. The van der Waals surface area contributed by atoms with Crippen molar-refractivity contribution in [2.75, 3.05) is 18.9 Å². The molecule has 0 aliphatic heterocycles. The number of carbonyl (C=O) groups excluding carboxylic acids is 1. The van der Waals surface area contributed by atoms with Gasteiger partial charge in [-0.15, -0.1) is 0 Å². The van der Waals surface area contributed by atoms with Crippen molar-refractivity contribution in [3.05, 3.63) is 59.9 Å². The molecule has 7 nitrogen and oxygen atoms in total. The number of pyridine rings is 2. The molecule has 28 heavy (non-hydrogen) atoms. The Morgan fingerprint density at radius 1 is 1.04 bits per heavy atom. The van der Waals surface area contributed by atoms with Crippen molar-refractivity contribution in [1.29, 1.82) is 0 Å². The molecule has 3 rings (SSSR count). The van der Waals surface area contributed by atoms with Gasteiger partial charge in [0.05, 0.1) is 11.3 Å². The van der Waals surface area contributed by atoms with Gasteiger partial charge in [-0.25, -0.2) is 15.0 Å². The molecule has 1 N–H and O–H groups in total. The monoisotopic (exact) mass is 376 g/mol. The first-order chi connectivity index (χ1) is 13.5. The average Bonchev–Trinajstić information content (AvgIpc) is 2.68. The van der Waals surface area contributed by atoms with E-state index >= 15 is 0 Å². The van der Waals surface area contributed by atoms with Gasteiger partial charge < -0.3 is 10.2 Å². The van der Waals surface area contributed by atoms with E-state index in [0.717, 1.165) is 23.2 Å². The number of nitrogens with one attached hydrogen (secondary N) is 1. The van der Waals surface area contributed by atoms with Gasteiger partial charge in [0, 0.05) is 37.7 Å². The van der Waals surface area contributed by atoms with Gasteiger partial charge in [-0.2, -0.15) is 0 Å². The molecule has 0 aromatic carbocycles. The van der Waals surface area contributed by atoms with E-state index in [9.17, 15) is 4.79 Å². The summed E-state index contributed by atoms with van der Waals surface area (Å²) in [5.41, 5.74) is 3.12. The van der Waals surface area contributed by atoms with Crippen LogP contribution < -0.4 is 5.32 Å². The van der Waals surface area contributed by atoms with Crippen LogP contribution in [0.15, 0.2) is 42.9 Å². The lowest BCUT2D eigenvalue weighted by atomic mass is 10.0. The normalized spacial score (nSPS) is 10.6. The summed E-state index contributed by atoms with van der Waals surface area (Å²) in [6.07, 6.45) is 6.11. The summed E-state index contributed by atoms with van der Waals surface area (Å²) in [7, 11) is 1.82. The molecule has 3 aromatic rings. The van der Waals surface area contributed by atoms with Gasteiger partial charge in [0.15, 0.2) is 0 Å². The SMILES string of the molecule is CCCN(C)C(=O)c1cc(-c2ccnc(Nc3ccnc(C)n3)c2)cnc1C. The maximum absolute atomic E-state index is 12.7. The Labute approximate surface area is 164 Å². The van der Waals surface area contributed by atoms with Crippen LogP contribution in [0, 0.1) is 13.8 Å². The number of anilines is 2. The number of aromatic nitrogens is 4. The molecule has 0 radical (unpaired) electrons. The minimum atomic E-state index is -0.0161. The summed E-state index contributed by atoms with van der Waals surface area (Å²) in [6, 6.07) is 7.49. The number of hydrogen-bond acceptors (Lipinski definition) is 6. The molecular weight excluding hydrogens is 352 g/mol. The van der Waals surface area contributed by atoms with Crippen LogP contribution in [0.4, 0.5) is 11.6 Å². The largest absolute Gasteiger partial charge is 0.342 e. The van der Waals surface area contributed by atoms with Crippen molar-refractivity contribution < 1.29 is 4.79 Å². The van der Waals surface area contributed by atoms with Crippen LogP contribution >= 0.6 is 0 Å². The van der Waals surface area contributed by atoms with E-state index in [0.29, 0.717) is 29.6 Å². The lowest BCUT2D eigenvalue weighted by Gasteiger charge is -2.17. The zero-order valence-corrected chi connectivity index (χ0v) is 16.6. The number of carbonyl (C=O) groups is 1. The molecule has 0 saturated heterocycles. The van der Waals surface area contributed by atoms with E-state index < -0.39 is 0 Å². The lowest BCUT2D eigenvalue weighted by Crippen LogP contribution is -2.28. The van der Waals surface area contributed by atoms with Crippen LogP contribution in [0.5, 0.6) is 0 Å². The van der Waals surface area contributed by atoms with Crippen molar-refractivity contribution in [1.82, 2.24) is 24.8 Å². The Hall–Kier alpha value is -3.35. The molecule has 144 valence electrons. The van der Waals surface area contributed by atoms with Crippen LogP contribution in [0.1, 0.15) is 35.2 Å². The van der Waals surface area contributed by atoms with Crippen molar-refractivity contribution >= 4 is 17.5 Å². The zero-order valence-electron chi connectivity index (χ0n) is 16.6. The van der Waals surface area contributed by atoms with Gasteiger partial charge in [0.25, 0.3) is 5.91 Å². The first kappa shape index (κ1) is 19.4. The second-order valence-electron chi connectivity index (χ2n) is 6.63. The topological polar surface area (TPSA) is 83.9 Å². The van der Waals surface area contributed by atoms with Crippen molar-refractivity contribution in [2.45, 2.75) is 27.2 Å². The molecule has 0 fully saturated rings. The van der Waals surface area contributed by atoms with Crippen molar-refractivity contribution in [3.8, 4) is 11.1 Å². The highest BCUT2D eigenvalue weighted by Gasteiger charge is 2.16. The predicted molar refractivity (Wildman–Crippen MR) is 110 cm³/mol. The Balaban J connectivity index is 1.89. The highest BCUT2D eigenvalue weighted by molar-refractivity contribution is 5.96. The summed E-state index contributed by atoms with van der Waals surface area (Å²) >= 11 is 0. The molecule has 0 aliphatic carbocycles. The van der Waals surface area contributed by atoms with Crippen LogP contribution in [0.2, 0.25) is 0 Å². The maximum atomic E-state index is 12.7. The molecule has 0 unspecified atom stereocenters. The van der Waals surface area contributed by atoms with Gasteiger partial charge >= 0.3 is 0 Å². The van der Waals surface area contributed by atoms with Gasteiger partial charge in [-0.3, -0.25) is 9.78 Å². The van der Waals surface area contributed by atoms with Gasteiger partial charge in [-0.05, 0) is 50.1 Å². The lowest BCUT2D eigenvalue weighted by molar-refractivity contribution is 0.0794. The number of hydrogen-bond donors (Lipinski definition) is 1. The average molecular weight is 376 g/mol. The highest BCUT2D eigenvalue weighted by atomic mass is 16.2. The third kappa shape index (κ3) is 4.49. The smallest absolute Gasteiger partial charge is 0.255 e. The Kier molecular flexibility index (Phi) is 5.93. The van der Waals surface area contributed by atoms with E-state index in [2.05, 4.69) is 32.2 Å². The number of amides is 1. The summed E-state index contributed by atoms with van der Waals surface area (Å²) in [5, 5.41) is 3.18. The Morgan fingerprint density at radius 3 is 2.57 bits per heavy atom. The van der Waals surface area contributed by atoms with E-state index in [4.69, 9.17) is 0 Å². The van der Waals surface area contributed by atoms with Crippen LogP contribution in [0.25, 0.3) is 11.1 Å². The second kappa shape index (κ2) is 8.56. The number of aryl methyl sites for hydroxylation is 2. The third-order valence-corrected chi connectivity index (χ3v) is 4.35. The van der Waals surface area contributed by atoms with Crippen molar-refractivity contribution in [2.24, 2.45) is 0 Å². The molecular formula is C21H24N6O. The van der Waals surface area contributed by atoms with E-state index in [1.807, 2.05) is 39.1 Å². The molecule has 0 aliphatic rings. The fourth-order valence-corrected chi connectivity index (χ4v) is 2.89. The molecule has 7 heteroatoms. The molecule has 0 atom stereocenters. The van der Waals surface area contributed by atoms with Crippen LogP contribution in [-0.2, 0) is 0 Å². The quantitative estimate of drug-likeness (QED) is 0.705. The minimum absolute atomic E-state index is 0.0161. The summed E-state index contributed by atoms with van der Waals surface area (Å²) in [5.74, 6) is 2.00. The molecule has 0 bridgehead atoms. The van der Waals surface area contributed by atoms with Gasteiger partial charge in [0.1, 0.15) is 17.5 Å². The first-order valence-corrected chi connectivity index (χ1v) is 9.23. The number of rotatable bonds is 6. The number of nitrogens with zero attached hydrogens (tertiary/aromatic N) is 5. The standard InChI is InChI=1S/C21H24N6O/c1-5-10-27(4)21(28)18-11-17(13-24-14(18)2)16-6-8-23-20(12-16)26-19-7-9-22-15(3)25-19/h6-9,11-13H,5,10H2,1-4H3,(H,22,23,25,26). The fraction of sp³-hybridized carbons (Fsp3) is 0.286. The van der Waals surface area contributed by atoms with Crippen LogP contribution in [-0.4, -0.2) is 44.3 Å². The van der Waals surface area contributed by atoms with E-state index in [-0.39, 0.29) is 5.91 Å². The summed E-state index contributed by atoms with van der Waals surface area (Å²) in [6.45, 7) is 6.45. The fourth-order valence-electron chi connectivity index (χ4n) is 2.89. The zero-order chi connectivity index (χ0) is 20.1. The molecule has 0 spiro atoms. The third-order valence-electron chi connectivity index (χ3n) is 4.35. The van der Waals surface area contributed by atoms with E-state index in [1.54, 1.807) is 29.6 Å². The molecule has 1 amide bonds. The highest BCUT2D eigenvalue weighted by Crippen LogP contribution is 2.24. The van der Waals surface area contributed by atoms with Gasteiger partial charge in [-0.1, -0.05) is 6.92 Å². The second-order valence-corrected chi connectivity index (χ2v) is 6.63. The predicted octanol–water partition coefficient (Wildman–Crippen LogP) is 3.78. The van der Waals surface area contributed by atoms with Crippen molar-refractivity contribution in [3.63, 3.8) is 0 Å². The summed E-state index contributed by atoms with van der Waals surface area (Å²) in [4.78, 5) is 31.7. The summed E-state index contributed by atoms with van der Waals surface area (Å²) < 4.78 is 0. The molecule has 3 aromatic heterocycles.